The van der Waals surface area contributed by atoms with Gasteiger partial charge in [0.25, 0.3) is 0 Å². The van der Waals surface area contributed by atoms with E-state index in [0.29, 0.717) is 11.8 Å². The summed E-state index contributed by atoms with van der Waals surface area (Å²) in [5.74, 6) is 2.65. The standard InChI is InChI=1S/C13H19NO/c1-9-3-2-4-14(8-9)13(15)12-6-10-5-11(10)7-12/h3,10-12H,2,4-8H2,1H3. The lowest BCUT2D eigenvalue weighted by Gasteiger charge is -2.29. The van der Waals surface area contributed by atoms with Crippen LogP contribution in [-0.4, -0.2) is 23.9 Å². The summed E-state index contributed by atoms with van der Waals surface area (Å²) in [6.45, 7) is 3.96. The molecule has 2 atom stereocenters. The molecular formula is C13H19NO. The fourth-order valence-electron chi connectivity index (χ4n) is 3.27. The van der Waals surface area contributed by atoms with Gasteiger partial charge >= 0.3 is 0 Å². The highest BCUT2D eigenvalue weighted by Gasteiger charge is 2.48. The van der Waals surface area contributed by atoms with Gasteiger partial charge in [-0.2, -0.15) is 0 Å². The molecule has 0 aromatic rings. The Balaban J connectivity index is 1.62. The molecule has 3 aliphatic rings. The van der Waals surface area contributed by atoms with Crippen LogP contribution in [0.15, 0.2) is 11.6 Å². The SMILES string of the molecule is CC1=CCCN(C(=O)C2CC3CC3C2)C1. The van der Waals surface area contributed by atoms with Crippen molar-refractivity contribution in [3.05, 3.63) is 11.6 Å². The summed E-state index contributed by atoms with van der Waals surface area (Å²) in [4.78, 5) is 14.3. The highest BCUT2D eigenvalue weighted by molar-refractivity contribution is 5.79. The van der Waals surface area contributed by atoms with E-state index in [1.165, 1.54) is 24.8 Å². The Labute approximate surface area is 91.3 Å². The largest absolute Gasteiger partial charge is 0.338 e. The van der Waals surface area contributed by atoms with E-state index in [4.69, 9.17) is 0 Å². The smallest absolute Gasteiger partial charge is 0.226 e. The molecule has 2 heteroatoms. The minimum atomic E-state index is 0.375. The predicted octanol–water partition coefficient (Wildman–Crippen LogP) is 2.21. The molecule has 0 bridgehead atoms. The highest BCUT2D eigenvalue weighted by Crippen LogP contribution is 2.54. The Morgan fingerprint density at radius 3 is 2.73 bits per heavy atom. The third-order valence-corrected chi connectivity index (χ3v) is 4.24. The van der Waals surface area contributed by atoms with Gasteiger partial charge in [0.05, 0.1) is 0 Å². The quantitative estimate of drug-likeness (QED) is 0.601. The maximum Gasteiger partial charge on any atom is 0.226 e. The zero-order valence-corrected chi connectivity index (χ0v) is 9.41. The Hall–Kier alpha value is -0.790. The first-order valence-corrected chi connectivity index (χ1v) is 6.18. The second-order valence-electron chi connectivity index (χ2n) is 5.52. The number of hydrogen-bond acceptors (Lipinski definition) is 1. The molecule has 2 saturated carbocycles. The minimum absolute atomic E-state index is 0.375. The van der Waals surface area contributed by atoms with E-state index in [-0.39, 0.29) is 0 Å². The Kier molecular flexibility index (Phi) is 2.11. The predicted molar refractivity (Wildman–Crippen MR) is 59.3 cm³/mol. The maximum absolute atomic E-state index is 12.2. The Morgan fingerprint density at radius 2 is 2.07 bits per heavy atom. The molecular weight excluding hydrogens is 186 g/mol. The Morgan fingerprint density at radius 1 is 1.33 bits per heavy atom. The van der Waals surface area contributed by atoms with Crippen LogP contribution < -0.4 is 0 Å². The van der Waals surface area contributed by atoms with Gasteiger partial charge < -0.3 is 4.90 Å². The number of rotatable bonds is 1. The molecule has 2 unspecified atom stereocenters. The van der Waals surface area contributed by atoms with Crippen molar-refractivity contribution in [1.82, 2.24) is 4.90 Å². The molecule has 15 heavy (non-hydrogen) atoms. The molecule has 2 fully saturated rings. The van der Waals surface area contributed by atoms with Crippen molar-refractivity contribution >= 4 is 5.91 Å². The van der Waals surface area contributed by atoms with Crippen LogP contribution in [0.25, 0.3) is 0 Å². The van der Waals surface area contributed by atoms with Gasteiger partial charge in [-0.1, -0.05) is 11.6 Å². The van der Waals surface area contributed by atoms with E-state index in [9.17, 15) is 4.79 Å². The van der Waals surface area contributed by atoms with Crippen molar-refractivity contribution in [2.45, 2.75) is 32.6 Å². The first kappa shape index (κ1) is 9.44. The monoisotopic (exact) mass is 205 g/mol. The zero-order chi connectivity index (χ0) is 10.4. The number of carbonyl (C=O) groups excluding carboxylic acids is 1. The first-order chi connectivity index (χ1) is 7.24. The summed E-state index contributed by atoms with van der Waals surface area (Å²) in [5, 5.41) is 0. The minimum Gasteiger partial charge on any atom is -0.338 e. The van der Waals surface area contributed by atoms with Crippen LogP contribution in [0.3, 0.4) is 0 Å². The van der Waals surface area contributed by atoms with Crippen molar-refractivity contribution in [3.63, 3.8) is 0 Å². The summed E-state index contributed by atoms with van der Waals surface area (Å²) in [5.41, 5.74) is 1.36. The topological polar surface area (TPSA) is 20.3 Å². The molecule has 82 valence electrons. The van der Waals surface area contributed by atoms with Gasteiger partial charge in [0.1, 0.15) is 0 Å². The fourth-order valence-corrected chi connectivity index (χ4v) is 3.27. The van der Waals surface area contributed by atoms with E-state index >= 15 is 0 Å². The van der Waals surface area contributed by atoms with Gasteiger partial charge in [0, 0.05) is 19.0 Å². The van der Waals surface area contributed by atoms with Crippen LogP contribution in [-0.2, 0) is 4.79 Å². The molecule has 0 spiro atoms. The lowest BCUT2D eigenvalue weighted by molar-refractivity contribution is -0.135. The average Bonchev–Trinajstić information content (AvgIpc) is 2.85. The summed E-state index contributed by atoms with van der Waals surface area (Å²) < 4.78 is 0. The molecule has 2 aliphatic carbocycles. The third kappa shape index (κ3) is 1.70. The van der Waals surface area contributed by atoms with Crippen molar-refractivity contribution < 1.29 is 4.79 Å². The highest BCUT2D eigenvalue weighted by atomic mass is 16.2. The molecule has 3 rings (SSSR count). The molecule has 0 aromatic carbocycles. The second kappa shape index (κ2) is 3.36. The molecule has 0 saturated heterocycles. The third-order valence-electron chi connectivity index (χ3n) is 4.24. The molecule has 1 heterocycles. The van der Waals surface area contributed by atoms with Gasteiger partial charge in [0.15, 0.2) is 0 Å². The molecule has 1 aliphatic heterocycles. The maximum atomic E-state index is 12.2. The number of fused-ring (bicyclic) bond motifs is 1. The summed E-state index contributed by atoms with van der Waals surface area (Å²) in [7, 11) is 0. The summed E-state index contributed by atoms with van der Waals surface area (Å²) in [6, 6.07) is 0. The van der Waals surface area contributed by atoms with Gasteiger partial charge in [0.2, 0.25) is 5.91 Å². The van der Waals surface area contributed by atoms with Crippen LogP contribution in [0.5, 0.6) is 0 Å². The van der Waals surface area contributed by atoms with Crippen molar-refractivity contribution in [3.8, 4) is 0 Å². The van der Waals surface area contributed by atoms with Gasteiger partial charge in [-0.05, 0) is 44.4 Å². The molecule has 1 amide bonds. The van der Waals surface area contributed by atoms with Crippen LogP contribution in [0.1, 0.15) is 32.6 Å². The summed E-state index contributed by atoms with van der Waals surface area (Å²) in [6.07, 6.45) is 7.08. The Bertz CT molecular complexity index is 310. The van der Waals surface area contributed by atoms with Gasteiger partial charge in [-0.25, -0.2) is 0 Å². The van der Waals surface area contributed by atoms with Gasteiger partial charge in [-0.15, -0.1) is 0 Å². The van der Waals surface area contributed by atoms with E-state index in [1.54, 1.807) is 0 Å². The number of amides is 1. The van der Waals surface area contributed by atoms with Crippen LogP contribution >= 0.6 is 0 Å². The molecule has 0 radical (unpaired) electrons. The number of nitrogens with zero attached hydrogens (tertiary/aromatic N) is 1. The molecule has 2 nitrogen and oxygen atoms in total. The normalized spacial score (nSPS) is 38.6. The molecule has 0 N–H and O–H groups in total. The van der Waals surface area contributed by atoms with Crippen LogP contribution in [0.4, 0.5) is 0 Å². The fraction of sp³-hybridized carbons (Fsp3) is 0.769. The van der Waals surface area contributed by atoms with E-state index in [1.807, 2.05) is 0 Å². The average molecular weight is 205 g/mol. The van der Waals surface area contributed by atoms with Gasteiger partial charge in [-0.3, -0.25) is 4.79 Å². The van der Waals surface area contributed by atoms with Crippen molar-refractivity contribution in [1.29, 1.82) is 0 Å². The number of carbonyl (C=O) groups is 1. The van der Waals surface area contributed by atoms with Crippen LogP contribution in [0.2, 0.25) is 0 Å². The van der Waals surface area contributed by atoms with E-state index < -0.39 is 0 Å². The van der Waals surface area contributed by atoms with E-state index in [2.05, 4.69) is 17.9 Å². The zero-order valence-electron chi connectivity index (χ0n) is 9.41. The molecule has 0 aromatic heterocycles. The van der Waals surface area contributed by atoms with E-state index in [0.717, 1.165) is 31.3 Å². The first-order valence-electron chi connectivity index (χ1n) is 6.18. The summed E-state index contributed by atoms with van der Waals surface area (Å²) >= 11 is 0. The van der Waals surface area contributed by atoms with Crippen molar-refractivity contribution in [2.75, 3.05) is 13.1 Å². The second-order valence-corrected chi connectivity index (χ2v) is 5.52. The van der Waals surface area contributed by atoms with Crippen LogP contribution in [0, 0.1) is 17.8 Å². The van der Waals surface area contributed by atoms with Crippen molar-refractivity contribution in [2.24, 2.45) is 17.8 Å². The number of hydrogen-bond donors (Lipinski definition) is 0. The lowest BCUT2D eigenvalue weighted by Crippen LogP contribution is -2.39. The lowest BCUT2D eigenvalue weighted by atomic mass is 10.0.